The smallest absolute Gasteiger partial charge is 0.355 e. The molecule has 114 valence electrons. The van der Waals surface area contributed by atoms with Crippen molar-refractivity contribution in [1.29, 1.82) is 0 Å². The van der Waals surface area contributed by atoms with E-state index in [0.29, 0.717) is 11.3 Å². The Bertz CT molecular complexity index is 579. The van der Waals surface area contributed by atoms with Crippen LogP contribution < -0.4 is 5.32 Å². The van der Waals surface area contributed by atoms with E-state index in [9.17, 15) is 13.2 Å². The van der Waals surface area contributed by atoms with E-state index >= 15 is 0 Å². The summed E-state index contributed by atoms with van der Waals surface area (Å²) in [4.78, 5) is 0. The number of halogens is 3. The highest BCUT2D eigenvalue weighted by molar-refractivity contribution is 7.15. The average Bonchev–Trinajstić information content (AvgIpc) is 2.85. The number of hydrogen-bond donors (Lipinski definition) is 1. The zero-order valence-electron chi connectivity index (χ0n) is 11.7. The third-order valence-corrected chi connectivity index (χ3v) is 3.88. The molecule has 2 rings (SSSR count). The summed E-state index contributed by atoms with van der Waals surface area (Å²) in [6.07, 6.45) is -2.82. The number of nitrogens with zero attached hydrogens (tertiary/aromatic N) is 2. The first-order valence-corrected chi connectivity index (χ1v) is 7.31. The number of benzene rings is 1. The quantitative estimate of drug-likeness (QED) is 0.890. The molecule has 0 aliphatic heterocycles. The van der Waals surface area contributed by atoms with Crippen LogP contribution in [0.5, 0.6) is 0 Å². The molecule has 1 N–H and O–H groups in total. The van der Waals surface area contributed by atoms with E-state index in [1.165, 1.54) is 5.56 Å². The Kier molecular flexibility index (Phi) is 4.51. The van der Waals surface area contributed by atoms with Gasteiger partial charge in [-0.25, -0.2) is 0 Å². The van der Waals surface area contributed by atoms with Crippen molar-refractivity contribution in [2.45, 2.75) is 38.4 Å². The summed E-state index contributed by atoms with van der Waals surface area (Å²) >= 11 is 0.530. The lowest BCUT2D eigenvalue weighted by Gasteiger charge is -2.25. The van der Waals surface area contributed by atoms with Crippen molar-refractivity contribution in [2.75, 3.05) is 5.32 Å². The number of rotatable bonds is 5. The minimum atomic E-state index is -4.44. The molecule has 1 aromatic carbocycles. The molecule has 1 aromatic heterocycles. The van der Waals surface area contributed by atoms with Gasteiger partial charge in [0.05, 0.1) is 0 Å². The fraction of sp³-hybridized carbons (Fsp3) is 0.429. The van der Waals surface area contributed by atoms with Crippen LogP contribution in [0.3, 0.4) is 0 Å². The van der Waals surface area contributed by atoms with Crippen LogP contribution in [-0.4, -0.2) is 15.7 Å². The highest BCUT2D eigenvalue weighted by atomic mass is 32.1. The van der Waals surface area contributed by atoms with E-state index in [1.54, 1.807) is 0 Å². The Morgan fingerprint density at radius 3 is 2.33 bits per heavy atom. The normalized spacial score (nSPS) is 12.4. The molecule has 0 amide bonds. The number of alkyl halides is 3. The minimum absolute atomic E-state index is 0.195. The van der Waals surface area contributed by atoms with E-state index in [1.807, 2.05) is 44.2 Å². The molecule has 0 aliphatic rings. The van der Waals surface area contributed by atoms with Crippen LogP contribution in [0.25, 0.3) is 0 Å². The molecule has 21 heavy (non-hydrogen) atoms. The average molecular weight is 315 g/mol. The summed E-state index contributed by atoms with van der Waals surface area (Å²) in [5.74, 6) is 0. The van der Waals surface area contributed by atoms with Gasteiger partial charge in [-0.15, -0.1) is 10.2 Å². The van der Waals surface area contributed by atoms with Gasteiger partial charge in [-0.3, -0.25) is 0 Å². The van der Waals surface area contributed by atoms with E-state index in [4.69, 9.17) is 0 Å². The van der Waals surface area contributed by atoms with Crippen molar-refractivity contribution in [1.82, 2.24) is 10.2 Å². The molecule has 0 saturated carbocycles. The standard InChI is InChI=1S/C14H16F3N3S/c1-13(2,9-8-10-6-4-3-5-7-10)18-12-20-19-11(21-12)14(15,16)17/h3-7H,8-9H2,1-2H3,(H,18,20). The maximum atomic E-state index is 12.5. The van der Waals surface area contributed by atoms with Crippen LogP contribution in [0.1, 0.15) is 30.8 Å². The third-order valence-electron chi connectivity index (χ3n) is 2.99. The van der Waals surface area contributed by atoms with Gasteiger partial charge in [0, 0.05) is 5.54 Å². The summed E-state index contributed by atoms with van der Waals surface area (Å²) in [6, 6.07) is 9.95. The molecule has 0 atom stereocenters. The van der Waals surface area contributed by atoms with Crippen molar-refractivity contribution in [3.8, 4) is 0 Å². The highest BCUT2D eigenvalue weighted by Gasteiger charge is 2.36. The molecule has 0 fully saturated rings. The van der Waals surface area contributed by atoms with Gasteiger partial charge in [-0.05, 0) is 32.3 Å². The maximum absolute atomic E-state index is 12.5. The van der Waals surface area contributed by atoms with Crippen LogP contribution >= 0.6 is 11.3 Å². The van der Waals surface area contributed by atoms with Gasteiger partial charge >= 0.3 is 6.18 Å². The number of nitrogens with one attached hydrogen (secondary N) is 1. The monoisotopic (exact) mass is 315 g/mol. The fourth-order valence-corrected chi connectivity index (χ4v) is 2.63. The maximum Gasteiger partial charge on any atom is 0.445 e. The van der Waals surface area contributed by atoms with Crippen molar-refractivity contribution in [3.05, 3.63) is 40.9 Å². The molecule has 2 aromatic rings. The van der Waals surface area contributed by atoms with Crippen LogP contribution in [0, 0.1) is 0 Å². The molecule has 1 heterocycles. The first kappa shape index (κ1) is 15.8. The zero-order valence-corrected chi connectivity index (χ0v) is 12.6. The Balaban J connectivity index is 1.96. The van der Waals surface area contributed by atoms with Gasteiger partial charge in [0.15, 0.2) is 0 Å². The van der Waals surface area contributed by atoms with Crippen LogP contribution in [-0.2, 0) is 12.6 Å². The van der Waals surface area contributed by atoms with Crippen molar-refractivity contribution < 1.29 is 13.2 Å². The Morgan fingerprint density at radius 1 is 1.10 bits per heavy atom. The number of aromatic nitrogens is 2. The van der Waals surface area contributed by atoms with Crippen LogP contribution in [0.4, 0.5) is 18.3 Å². The number of hydrogen-bond acceptors (Lipinski definition) is 4. The van der Waals surface area contributed by atoms with E-state index < -0.39 is 11.2 Å². The lowest BCUT2D eigenvalue weighted by Crippen LogP contribution is -2.31. The lowest BCUT2D eigenvalue weighted by atomic mass is 9.95. The SMILES string of the molecule is CC(C)(CCc1ccccc1)Nc1nnc(C(F)(F)F)s1. The molecule has 3 nitrogen and oxygen atoms in total. The number of aryl methyl sites for hydroxylation is 1. The minimum Gasteiger partial charge on any atom is -0.355 e. The van der Waals surface area contributed by atoms with Crippen LogP contribution in [0.15, 0.2) is 30.3 Å². The summed E-state index contributed by atoms with van der Waals surface area (Å²) in [7, 11) is 0. The van der Waals surface area contributed by atoms with Gasteiger partial charge < -0.3 is 5.32 Å². The fourth-order valence-electron chi connectivity index (χ4n) is 1.84. The van der Waals surface area contributed by atoms with Gasteiger partial charge in [0.25, 0.3) is 0 Å². The largest absolute Gasteiger partial charge is 0.445 e. The molecule has 0 radical (unpaired) electrons. The molecule has 0 spiro atoms. The van der Waals surface area contributed by atoms with Gasteiger partial charge in [-0.1, -0.05) is 41.7 Å². The van der Waals surface area contributed by atoms with Gasteiger partial charge in [0.2, 0.25) is 10.1 Å². The van der Waals surface area contributed by atoms with E-state index in [-0.39, 0.29) is 10.7 Å². The molecular weight excluding hydrogens is 299 g/mol. The van der Waals surface area contributed by atoms with Crippen LogP contribution in [0.2, 0.25) is 0 Å². The van der Waals surface area contributed by atoms with Crippen molar-refractivity contribution in [2.24, 2.45) is 0 Å². The predicted octanol–water partition coefficient (Wildman–Crippen LogP) is 4.38. The first-order chi connectivity index (χ1) is 9.76. The Morgan fingerprint density at radius 2 is 1.76 bits per heavy atom. The topological polar surface area (TPSA) is 37.8 Å². The van der Waals surface area contributed by atoms with Gasteiger partial charge in [0.1, 0.15) is 0 Å². The first-order valence-electron chi connectivity index (χ1n) is 6.49. The van der Waals surface area contributed by atoms with Crippen molar-refractivity contribution in [3.63, 3.8) is 0 Å². The zero-order chi connectivity index (χ0) is 15.5. The second-order valence-corrected chi connectivity index (χ2v) is 6.38. The lowest BCUT2D eigenvalue weighted by molar-refractivity contribution is -0.138. The predicted molar refractivity (Wildman–Crippen MR) is 77.4 cm³/mol. The molecule has 7 heteroatoms. The molecule has 0 aliphatic carbocycles. The Hall–Kier alpha value is -1.63. The molecule has 0 bridgehead atoms. The summed E-state index contributed by atoms with van der Waals surface area (Å²) in [5.41, 5.74) is 0.832. The second-order valence-electron chi connectivity index (χ2n) is 5.40. The van der Waals surface area contributed by atoms with E-state index in [2.05, 4.69) is 15.5 Å². The Labute approximate surface area is 125 Å². The highest BCUT2D eigenvalue weighted by Crippen LogP contribution is 2.34. The molecule has 0 saturated heterocycles. The third kappa shape index (κ3) is 4.70. The second kappa shape index (κ2) is 6.01. The van der Waals surface area contributed by atoms with Crippen molar-refractivity contribution >= 4 is 16.5 Å². The summed E-state index contributed by atoms with van der Waals surface area (Å²) < 4.78 is 37.5. The molecule has 0 unspecified atom stereocenters. The number of anilines is 1. The summed E-state index contributed by atoms with van der Waals surface area (Å²) in [5, 5.41) is 9.02. The van der Waals surface area contributed by atoms with Gasteiger partial charge in [-0.2, -0.15) is 13.2 Å². The summed E-state index contributed by atoms with van der Waals surface area (Å²) in [6.45, 7) is 3.87. The van der Waals surface area contributed by atoms with E-state index in [0.717, 1.165) is 12.8 Å². The molecular formula is C14H16F3N3S.